The first-order valence-corrected chi connectivity index (χ1v) is 11.2. The molecule has 1 heterocycles. The number of benzene rings is 2. The summed E-state index contributed by atoms with van der Waals surface area (Å²) in [4.78, 5) is 14.0. The fourth-order valence-electron chi connectivity index (χ4n) is 3.24. The Bertz CT molecular complexity index is 896. The smallest absolute Gasteiger partial charge is 0.260 e. The molecule has 0 aliphatic carbocycles. The molecule has 0 radical (unpaired) electrons. The van der Waals surface area contributed by atoms with Crippen molar-refractivity contribution in [2.45, 2.75) is 18.6 Å². The van der Waals surface area contributed by atoms with Gasteiger partial charge in [-0.15, -0.1) is 0 Å². The van der Waals surface area contributed by atoms with Crippen LogP contribution < -0.4 is 9.46 Å². The van der Waals surface area contributed by atoms with Crippen molar-refractivity contribution in [2.75, 3.05) is 26.2 Å². The molecule has 1 amide bonds. The summed E-state index contributed by atoms with van der Waals surface area (Å²) in [7, 11) is -3.49. The number of nitrogens with zero attached hydrogens (tertiary/aromatic N) is 1. The highest BCUT2D eigenvalue weighted by molar-refractivity contribution is 7.88. The van der Waals surface area contributed by atoms with Crippen LogP contribution in [0.1, 0.15) is 18.4 Å². The topological polar surface area (TPSA) is 75.7 Å². The number of sulfonamides is 1. The molecule has 2 aromatic carbocycles. The number of para-hydroxylation sites is 1. The Kier molecular flexibility index (Phi) is 7.22. The Morgan fingerprint density at radius 3 is 2.38 bits per heavy atom. The Labute approximate surface area is 170 Å². The molecule has 1 saturated heterocycles. The van der Waals surface area contributed by atoms with Crippen molar-refractivity contribution in [3.63, 3.8) is 0 Å². The van der Waals surface area contributed by atoms with Gasteiger partial charge in [-0.05, 0) is 48.6 Å². The number of halogens is 1. The number of hydrogen-bond donors (Lipinski definition) is 1. The van der Waals surface area contributed by atoms with Gasteiger partial charge in [0.2, 0.25) is 10.0 Å². The predicted octanol–water partition coefficient (Wildman–Crippen LogP) is 2.56. The zero-order chi connectivity index (χ0) is 20.7. The van der Waals surface area contributed by atoms with Crippen molar-refractivity contribution in [1.29, 1.82) is 0 Å². The number of rotatable bonds is 8. The lowest BCUT2D eigenvalue weighted by molar-refractivity contribution is -0.134. The number of likely N-dealkylation sites (tertiary alicyclic amines) is 1. The zero-order valence-electron chi connectivity index (χ0n) is 16.1. The molecule has 0 spiro atoms. The monoisotopic (exact) mass is 420 g/mol. The van der Waals surface area contributed by atoms with E-state index in [0.717, 1.165) is 12.8 Å². The Balaban J connectivity index is 1.39. The first-order valence-electron chi connectivity index (χ1n) is 9.59. The number of carbonyl (C=O) groups is 1. The van der Waals surface area contributed by atoms with Crippen molar-refractivity contribution in [3.05, 3.63) is 66.0 Å². The minimum atomic E-state index is -3.49. The first-order chi connectivity index (χ1) is 13.9. The van der Waals surface area contributed by atoms with E-state index in [4.69, 9.17) is 4.74 Å². The van der Waals surface area contributed by atoms with Crippen molar-refractivity contribution >= 4 is 15.9 Å². The van der Waals surface area contributed by atoms with Crippen molar-refractivity contribution in [2.24, 2.45) is 5.92 Å². The molecule has 1 N–H and O–H groups in total. The third-order valence-electron chi connectivity index (χ3n) is 4.93. The molecule has 156 valence electrons. The molecule has 0 bridgehead atoms. The summed E-state index contributed by atoms with van der Waals surface area (Å²) in [6.45, 7) is 1.51. The SMILES string of the molecule is O=C(COc1ccccc1)N1CCC(CNS(=O)(=O)Cc2ccc(F)cc2)CC1. The average Bonchev–Trinajstić information content (AvgIpc) is 2.73. The van der Waals surface area contributed by atoms with Gasteiger partial charge in [0.05, 0.1) is 5.75 Å². The molecule has 8 heteroatoms. The third kappa shape index (κ3) is 6.83. The fraction of sp³-hybridized carbons (Fsp3) is 0.381. The summed E-state index contributed by atoms with van der Waals surface area (Å²) < 4.78 is 45.5. The molecule has 2 aromatic rings. The minimum Gasteiger partial charge on any atom is -0.484 e. The molecule has 3 rings (SSSR count). The number of carbonyl (C=O) groups excluding carboxylic acids is 1. The lowest BCUT2D eigenvalue weighted by atomic mass is 9.97. The average molecular weight is 421 g/mol. The van der Waals surface area contributed by atoms with Crippen LogP contribution in [0.2, 0.25) is 0 Å². The van der Waals surface area contributed by atoms with Gasteiger partial charge in [-0.3, -0.25) is 4.79 Å². The summed E-state index contributed by atoms with van der Waals surface area (Å²) in [5.74, 6) is 0.198. The lowest BCUT2D eigenvalue weighted by Crippen LogP contribution is -2.43. The van der Waals surface area contributed by atoms with Gasteiger partial charge >= 0.3 is 0 Å². The van der Waals surface area contributed by atoms with E-state index in [0.29, 0.717) is 30.9 Å². The quantitative estimate of drug-likeness (QED) is 0.712. The maximum Gasteiger partial charge on any atom is 0.260 e. The molecule has 0 unspecified atom stereocenters. The predicted molar refractivity (Wildman–Crippen MR) is 108 cm³/mol. The summed E-state index contributed by atoms with van der Waals surface area (Å²) in [5, 5.41) is 0. The maximum absolute atomic E-state index is 12.9. The van der Waals surface area contributed by atoms with Gasteiger partial charge in [0, 0.05) is 19.6 Å². The van der Waals surface area contributed by atoms with Crippen molar-refractivity contribution in [1.82, 2.24) is 9.62 Å². The maximum atomic E-state index is 12.9. The Hall–Kier alpha value is -2.45. The highest BCUT2D eigenvalue weighted by Gasteiger charge is 2.24. The third-order valence-corrected chi connectivity index (χ3v) is 6.25. The molecule has 1 fully saturated rings. The highest BCUT2D eigenvalue weighted by Crippen LogP contribution is 2.18. The standard InChI is InChI=1S/C21H25FN2O4S/c22-19-8-6-18(7-9-19)16-29(26,27)23-14-17-10-12-24(13-11-17)21(25)15-28-20-4-2-1-3-5-20/h1-9,17,23H,10-16H2. The van der Waals surface area contributed by atoms with Gasteiger partial charge in [0.25, 0.3) is 5.91 Å². The van der Waals surface area contributed by atoms with E-state index < -0.39 is 15.8 Å². The second kappa shape index (κ2) is 9.84. The summed E-state index contributed by atoms with van der Waals surface area (Å²) in [6.07, 6.45) is 1.46. The van der Waals surface area contributed by atoms with E-state index in [2.05, 4.69) is 4.72 Å². The van der Waals surface area contributed by atoms with Crippen LogP contribution in [0.3, 0.4) is 0 Å². The second-order valence-corrected chi connectivity index (χ2v) is 8.97. The first kappa shape index (κ1) is 21.3. The molecule has 0 atom stereocenters. The Morgan fingerprint density at radius 2 is 1.72 bits per heavy atom. The molecule has 1 aliphatic heterocycles. The van der Waals surface area contributed by atoms with Crippen molar-refractivity contribution in [3.8, 4) is 5.75 Å². The van der Waals surface area contributed by atoms with E-state index in [1.165, 1.54) is 24.3 Å². The van der Waals surface area contributed by atoms with Crippen LogP contribution in [0.5, 0.6) is 5.75 Å². The number of ether oxygens (including phenoxy) is 1. The highest BCUT2D eigenvalue weighted by atomic mass is 32.2. The normalized spacial score (nSPS) is 15.3. The van der Waals surface area contributed by atoms with Gasteiger partial charge in [-0.25, -0.2) is 17.5 Å². The lowest BCUT2D eigenvalue weighted by Gasteiger charge is -2.32. The van der Waals surface area contributed by atoms with Gasteiger partial charge in [-0.2, -0.15) is 0 Å². The van der Waals surface area contributed by atoms with E-state index in [1.54, 1.807) is 17.0 Å². The summed E-state index contributed by atoms with van der Waals surface area (Å²) in [6, 6.07) is 14.6. The van der Waals surface area contributed by atoms with Gasteiger partial charge in [0.1, 0.15) is 11.6 Å². The van der Waals surface area contributed by atoms with Crippen LogP contribution in [0.4, 0.5) is 4.39 Å². The number of amides is 1. The van der Waals surface area contributed by atoms with Crippen molar-refractivity contribution < 1.29 is 22.3 Å². The largest absolute Gasteiger partial charge is 0.484 e. The van der Waals surface area contributed by atoms with E-state index >= 15 is 0 Å². The summed E-state index contributed by atoms with van der Waals surface area (Å²) >= 11 is 0. The Morgan fingerprint density at radius 1 is 1.07 bits per heavy atom. The minimum absolute atomic E-state index is 0.00101. The van der Waals surface area contributed by atoms with Gasteiger partial charge in [0.15, 0.2) is 6.61 Å². The number of hydrogen-bond acceptors (Lipinski definition) is 4. The van der Waals surface area contributed by atoms with Crippen LogP contribution in [0.15, 0.2) is 54.6 Å². The van der Waals surface area contributed by atoms with Crippen LogP contribution in [-0.4, -0.2) is 45.5 Å². The van der Waals surface area contributed by atoms with E-state index in [-0.39, 0.29) is 24.2 Å². The van der Waals surface area contributed by atoms with Gasteiger partial charge < -0.3 is 9.64 Å². The summed E-state index contributed by atoms with van der Waals surface area (Å²) in [5.41, 5.74) is 0.540. The van der Waals surface area contributed by atoms with E-state index in [9.17, 15) is 17.6 Å². The molecule has 0 saturated carbocycles. The molecule has 1 aliphatic rings. The zero-order valence-corrected chi connectivity index (χ0v) is 16.9. The number of piperidine rings is 1. The van der Waals surface area contributed by atoms with Crippen LogP contribution in [-0.2, 0) is 20.6 Å². The van der Waals surface area contributed by atoms with Gasteiger partial charge in [-0.1, -0.05) is 30.3 Å². The van der Waals surface area contributed by atoms with Crippen LogP contribution in [0, 0.1) is 11.7 Å². The molecule has 6 nitrogen and oxygen atoms in total. The molecular formula is C21H25FN2O4S. The van der Waals surface area contributed by atoms with Crippen LogP contribution in [0.25, 0.3) is 0 Å². The van der Waals surface area contributed by atoms with Crippen LogP contribution >= 0.6 is 0 Å². The van der Waals surface area contributed by atoms with E-state index in [1.807, 2.05) is 18.2 Å². The fourth-order valence-corrected chi connectivity index (χ4v) is 4.46. The molecule has 29 heavy (non-hydrogen) atoms. The molecular weight excluding hydrogens is 395 g/mol. The molecule has 0 aromatic heterocycles. The second-order valence-electron chi connectivity index (χ2n) is 7.16. The number of nitrogens with one attached hydrogen (secondary N) is 1.